The van der Waals surface area contributed by atoms with Gasteiger partial charge in [-0.1, -0.05) is 26.0 Å². The average Bonchev–Trinajstić information content (AvgIpc) is 2.44. The molecule has 1 aromatic rings. The molecule has 4 N–H and O–H groups in total. The van der Waals surface area contributed by atoms with Crippen molar-refractivity contribution in [1.29, 1.82) is 0 Å². The standard InChI is InChI=1S/C16H19NO6.2Na.2H/c1-9(2)14(16(21)22)12(15(19)20)7-10-3-5-11(6-4-10)23-8-13(17)18;;;;/h3-6,9H,7-8H2,1-2H3,(H2,17,18)(H,19,20)(H,21,22);;;;/q;2*+1;2*-1/b14-12-;;;;. The number of carbonyl (C=O) groups is 3. The van der Waals surface area contributed by atoms with E-state index in [1.54, 1.807) is 38.1 Å². The Kier molecular flexibility index (Phi) is 13.2. The minimum Gasteiger partial charge on any atom is -1.00 e. The van der Waals surface area contributed by atoms with E-state index >= 15 is 0 Å². The Morgan fingerprint density at radius 1 is 1.08 bits per heavy atom. The number of aliphatic carboxylic acids is 2. The van der Waals surface area contributed by atoms with E-state index in [9.17, 15) is 24.6 Å². The molecule has 0 aliphatic carbocycles. The van der Waals surface area contributed by atoms with Gasteiger partial charge < -0.3 is 23.5 Å². The van der Waals surface area contributed by atoms with Gasteiger partial charge in [0.25, 0.3) is 5.91 Å². The summed E-state index contributed by atoms with van der Waals surface area (Å²) in [6.45, 7) is 3.01. The van der Waals surface area contributed by atoms with Gasteiger partial charge in [-0.25, -0.2) is 9.59 Å². The molecule has 0 unspecified atom stereocenters. The van der Waals surface area contributed by atoms with Crippen LogP contribution in [0.2, 0.25) is 0 Å². The average molecular weight is 369 g/mol. The van der Waals surface area contributed by atoms with Crippen molar-refractivity contribution < 1.29 is 91.3 Å². The molecule has 7 nitrogen and oxygen atoms in total. The van der Waals surface area contributed by atoms with E-state index < -0.39 is 23.8 Å². The summed E-state index contributed by atoms with van der Waals surface area (Å²) in [5, 5.41) is 18.5. The Bertz CT molecular complexity index is 651. The minimum atomic E-state index is -1.26. The fourth-order valence-corrected chi connectivity index (χ4v) is 2.07. The third kappa shape index (κ3) is 8.89. The number of nitrogens with two attached hydrogens (primary N) is 1. The first-order chi connectivity index (χ1) is 10.7. The van der Waals surface area contributed by atoms with E-state index in [1.165, 1.54) is 0 Å². The maximum atomic E-state index is 11.4. The van der Waals surface area contributed by atoms with E-state index in [0.29, 0.717) is 11.3 Å². The molecule has 1 rings (SSSR count). The third-order valence-electron chi connectivity index (χ3n) is 3.08. The van der Waals surface area contributed by atoms with Crippen LogP contribution in [0.5, 0.6) is 5.75 Å². The number of carboxylic acids is 2. The van der Waals surface area contributed by atoms with Crippen LogP contribution in [-0.4, -0.2) is 34.7 Å². The maximum absolute atomic E-state index is 11.4. The van der Waals surface area contributed by atoms with Crippen molar-refractivity contribution in [3.05, 3.63) is 41.0 Å². The van der Waals surface area contributed by atoms with Gasteiger partial charge in [-0.3, -0.25) is 4.79 Å². The second-order valence-corrected chi connectivity index (χ2v) is 5.23. The molecule has 0 saturated carbocycles. The third-order valence-corrected chi connectivity index (χ3v) is 3.08. The van der Waals surface area contributed by atoms with Gasteiger partial charge in [0.2, 0.25) is 0 Å². The molecule has 25 heavy (non-hydrogen) atoms. The number of carboxylic acid groups (broad SMARTS) is 2. The molecule has 1 amide bonds. The van der Waals surface area contributed by atoms with E-state index in [0.717, 1.165) is 0 Å². The van der Waals surface area contributed by atoms with Crippen molar-refractivity contribution in [1.82, 2.24) is 0 Å². The summed E-state index contributed by atoms with van der Waals surface area (Å²) < 4.78 is 5.10. The van der Waals surface area contributed by atoms with Crippen LogP contribution in [0.15, 0.2) is 35.4 Å². The summed E-state index contributed by atoms with van der Waals surface area (Å²) in [4.78, 5) is 33.3. The van der Waals surface area contributed by atoms with Gasteiger partial charge >= 0.3 is 71.1 Å². The number of carbonyl (C=O) groups excluding carboxylic acids is 1. The van der Waals surface area contributed by atoms with Crippen molar-refractivity contribution in [2.24, 2.45) is 11.7 Å². The Balaban J connectivity index is -0.000000661. The first kappa shape index (κ1) is 26.4. The van der Waals surface area contributed by atoms with Crippen molar-refractivity contribution >= 4 is 17.8 Å². The molecular weight excluding hydrogens is 348 g/mol. The molecule has 9 heteroatoms. The number of amides is 1. The van der Waals surface area contributed by atoms with Crippen molar-refractivity contribution in [3.8, 4) is 5.75 Å². The van der Waals surface area contributed by atoms with Crippen LogP contribution < -0.4 is 69.6 Å². The van der Waals surface area contributed by atoms with Crippen molar-refractivity contribution in [2.45, 2.75) is 20.3 Å². The largest absolute Gasteiger partial charge is 1.00 e. The van der Waals surface area contributed by atoms with Crippen LogP contribution in [0, 0.1) is 5.92 Å². The van der Waals surface area contributed by atoms with Crippen LogP contribution in [0.3, 0.4) is 0 Å². The zero-order valence-electron chi connectivity index (χ0n) is 16.9. The van der Waals surface area contributed by atoms with E-state index in [4.69, 9.17) is 10.5 Å². The summed E-state index contributed by atoms with van der Waals surface area (Å²) in [6, 6.07) is 6.35. The van der Waals surface area contributed by atoms with Crippen LogP contribution in [-0.2, 0) is 20.8 Å². The number of primary amides is 1. The molecule has 1 aromatic carbocycles. The van der Waals surface area contributed by atoms with Gasteiger partial charge in [0.05, 0.1) is 11.1 Å². The van der Waals surface area contributed by atoms with Crippen LogP contribution in [0.1, 0.15) is 22.3 Å². The van der Waals surface area contributed by atoms with Gasteiger partial charge in [0.1, 0.15) is 5.75 Å². The second kappa shape index (κ2) is 12.5. The monoisotopic (exact) mass is 369 g/mol. The maximum Gasteiger partial charge on any atom is 1.00 e. The Labute approximate surface area is 193 Å². The van der Waals surface area contributed by atoms with Gasteiger partial charge in [0, 0.05) is 6.42 Å². The van der Waals surface area contributed by atoms with Gasteiger partial charge in [-0.15, -0.1) is 0 Å². The topological polar surface area (TPSA) is 127 Å². The molecule has 0 aliphatic rings. The van der Waals surface area contributed by atoms with Crippen LogP contribution >= 0.6 is 0 Å². The minimum absolute atomic E-state index is 0. The quantitative estimate of drug-likeness (QED) is 0.313. The van der Waals surface area contributed by atoms with E-state index in [1.807, 2.05) is 0 Å². The predicted octanol–water partition coefficient (Wildman–Crippen LogP) is -4.55. The Morgan fingerprint density at radius 3 is 1.96 bits per heavy atom. The summed E-state index contributed by atoms with van der Waals surface area (Å²) in [5.74, 6) is -3.11. The van der Waals surface area contributed by atoms with Crippen LogP contribution in [0.4, 0.5) is 0 Å². The second-order valence-electron chi connectivity index (χ2n) is 5.23. The molecule has 128 valence electrons. The number of hydrogen-bond acceptors (Lipinski definition) is 4. The Morgan fingerprint density at radius 2 is 1.60 bits per heavy atom. The van der Waals surface area contributed by atoms with Gasteiger partial charge in [0.15, 0.2) is 6.61 Å². The van der Waals surface area contributed by atoms with Gasteiger partial charge in [-0.2, -0.15) is 0 Å². The van der Waals surface area contributed by atoms with Crippen LogP contribution in [0.25, 0.3) is 0 Å². The molecular formula is C16H21NNa2O6. The zero-order chi connectivity index (χ0) is 17.6. The summed E-state index contributed by atoms with van der Waals surface area (Å²) >= 11 is 0. The first-order valence-electron chi connectivity index (χ1n) is 6.92. The van der Waals surface area contributed by atoms with Gasteiger partial charge in [-0.05, 0) is 23.6 Å². The molecule has 0 bridgehead atoms. The summed E-state index contributed by atoms with van der Waals surface area (Å²) in [7, 11) is 0. The fraction of sp³-hybridized carbons (Fsp3) is 0.312. The zero-order valence-corrected chi connectivity index (χ0v) is 18.9. The Hall–Kier alpha value is -0.830. The molecule has 0 saturated heterocycles. The molecule has 0 aliphatic heterocycles. The normalized spacial score (nSPS) is 10.8. The van der Waals surface area contributed by atoms with Crippen molar-refractivity contribution in [2.75, 3.05) is 6.61 Å². The van der Waals surface area contributed by atoms with E-state index in [2.05, 4.69) is 0 Å². The fourth-order valence-electron chi connectivity index (χ4n) is 2.07. The number of rotatable bonds is 8. The molecule has 0 spiro atoms. The number of ether oxygens (including phenoxy) is 1. The molecule has 0 fully saturated rings. The van der Waals surface area contributed by atoms with E-state index in [-0.39, 0.29) is 86.1 Å². The number of benzene rings is 1. The smallest absolute Gasteiger partial charge is 1.00 e. The first-order valence-corrected chi connectivity index (χ1v) is 6.92. The molecule has 0 aromatic heterocycles. The van der Waals surface area contributed by atoms with Crippen molar-refractivity contribution in [3.63, 3.8) is 0 Å². The summed E-state index contributed by atoms with van der Waals surface area (Å²) in [6.07, 6.45) is -0.0226. The SMILES string of the molecule is CC(C)/C(C(=O)O)=C(\Cc1ccc(OCC(N)=O)cc1)C(=O)O.[H-].[H-].[Na+].[Na+]. The molecule has 0 atom stereocenters. The molecule has 0 radical (unpaired) electrons. The number of hydrogen-bond donors (Lipinski definition) is 3. The summed E-state index contributed by atoms with van der Waals surface area (Å²) in [5.41, 5.74) is 5.31. The predicted molar refractivity (Wildman–Crippen MR) is 84.2 cm³/mol. The molecule has 0 heterocycles.